The summed E-state index contributed by atoms with van der Waals surface area (Å²) in [4.78, 5) is 25.0. The first kappa shape index (κ1) is 21.6. The Morgan fingerprint density at radius 1 is 1.21 bits per heavy atom. The fraction of sp³-hybridized carbons (Fsp3) is 0.524. The highest BCUT2D eigenvalue weighted by atomic mass is 16.5. The van der Waals surface area contributed by atoms with Gasteiger partial charge in [0, 0.05) is 5.70 Å². The molecule has 2 N–H and O–H groups in total. The summed E-state index contributed by atoms with van der Waals surface area (Å²) in [5, 5.41) is 5.62. The molecule has 2 rings (SSSR count). The van der Waals surface area contributed by atoms with E-state index in [-0.39, 0.29) is 18.7 Å². The summed E-state index contributed by atoms with van der Waals surface area (Å²) >= 11 is 0. The van der Waals surface area contributed by atoms with Crippen LogP contribution in [0.3, 0.4) is 0 Å². The van der Waals surface area contributed by atoms with Crippen molar-refractivity contribution >= 4 is 12.0 Å². The third-order valence-electron chi connectivity index (χ3n) is 4.31. The van der Waals surface area contributed by atoms with Crippen LogP contribution in [0.2, 0.25) is 0 Å². The van der Waals surface area contributed by atoms with E-state index in [9.17, 15) is 9.59 Å². The molecule has 0 saturated heterocycles. The van der Waals surface area contributed by atoms with Gasteiger partial charge in [-0.15, -0.1) is 0 Å². The van der Waals surface area contributed by atoms with Crippen molar-refractivity contribution in [2.24, 2.45) is 0 Å². The number of unbranched alkanes of at least 4 members (excludes halogenated alkanes) is 1. The zero-order chi connectivity index (χ0) is 20.7. The van der Waals surface area contributed by atoms with Crippen molar-refractivity contribution in [2.75, 3.05) is 13.7 Å². The van der Waals surface area contributed by atoms with Crippen molar-refractivity contribution < 1.29 is 23.8 Å². The summed E-state index contributed by atoms with van der Waals surface area (Å²) in [6, 6.07) is 4.42. The van der Waals surface area contributed by atoms with Gasteiger partial charge in [0.2, 0.25) is 0 Å². The third-order valence-corrected chi connectivity index (χ3v) is 4.31. The minimum atomic E-state index is -0.625. The van der Waals surface area contributed by atoms with Crippen molar-refractivity contribution in [2.45, 2.75) is 59.1 Å². The van der Waals surface area contributed by atoms with Gasteiger partial charge in [-0.05, 0) is 51.3 Å². The van der Waals surface area contributed by atoms with Gasteiger partial charge in [0.15, 0.2) is 11.5 Å². The predicted molar refractivity (Wildman–Crippen MR) is 106 cm³/mol. The highest BCUT2D eigenvalue weighted by Crippen LogP contribution is 2.35. The molecule has 1 heterocycles. The minimum Gasteiger partial charge on any atom is -0.493 e. The van der Waals surface area contributed by atoms with Crippen LogP contribution in [0.5, 0.6) is 11.5 Å². The molecule has 0 spiro atoms. The van der Waals surface area contributed by atoms with E-state index in [1.165, 1.54) is 0 Å². The Kier molecular flexibility index (Phi) is 7.72. The zero-order valence-corrected chi connectivity index (χ0v) is 17.3. The van der Waals surface area contributed by atoms with Gasteiger partial charge < -0.3 is 24.8 Å². The molecule has 7 heteroatoms. The molecular weight excluding hydrogens is 360 g/mol. The zero-order valence-electron chi connectivity index (χ0n) is 17.3. The molecule has 1 aliphatic heterocycles. The van der Waals surface area contributed by atoms with Gasteiger partial charge in [-0.25, -0.2) is 9.59 Å². The molecule has 1 unspecified atom stereocenters. The van der Waals surface area contributed by atoms with Crippen LogP contribution in [0, 0.1) is 0 Å². The van der Waals surface area contributed by atoms with E-state index >= 15 is 0 Å². The number of amides is 2. The third kappa shape index (κ3) is 5.18. The second kappa shape index (κ2) is 10.0. The second-order valence-electron chi connectivity index (χ2n) is 6.82. The lowest BCUT2D eigenvalue weighted by molar-refractivity contribution is -0.139. The van der Waals surface area contributed by atoms with Gasteiger partial charge in [-0.2, -0.15) is 0 Å². The largest absolute Gasteiger partial charge is 0.493 e. The van der Waals surface area contributed by atoms with Crippen molar-refractivity contribution in [3.63, 3.8) is 0 Å². The number of urea groups is 1. The molecular formula is C21H30N2O5. The van der Waals surface area contributed by atoms with Gasteiger partial charge in [0.05, 0.1) is 31.4 Å². The fourth-order valence-corrected chi connectivity index (χ4v) is 3.09. The van der Waals surface area contributed by atoms with Gasteiger partial charge in [0.1, 0.15) is 0 Å². The molecule has 0 radical (unpaired) electrons. The van der Waals surface area contributed by atoms with Gasteiger partial charge in [0.25, 0.3) is 0 Å². The summed E-state index contributed by atoms with van der Waals surface area (Å²) in [6.45, 7) is 7.92. The number of hydrogen-bond acceptors (Lipinski definition) is 5. The molecule has 0 bridgehead atoms. The first-order valence-corrected chi connectivity index (χ1v) is 9.73. The standard InChI is InChI=1S/C21H30N2O5/c1-6-8-9-15-18(20(24)27-7-2)19(23-21(25)22-15)14-10-11-16(26-5)17(12-14)28-13(3)4/h10-13,19H,6-9H2,1-5H3,(H2,22,23,25). The first-order chi connectivity index (χ1) is 13.4. The lowest BCUT2D eigenvalue weighted by Gasteiger charge is -2.30. The van der Waals surface area contributed by atoms with Crippen LogP contribution in [0.1, 0.15) is 58.6 Å². The molecule has 1 aromatic carbocycles. The summed E-state index contributed by atoms with van der Waals surface area (Å²) in [5.74, 6) is 0.708. The number of hydrogen-bond donors (Lipinski definition) is 2. The number of carbonyl (C=O) groups excluding carboxylic acids is 2. The van der Waals surface area contributed by atoms with Crippen LogP contribution in [-0.4, -0.2) is 31.8 Å². The Labute approximate surface area is 166 Å². The van der Waals surface area contributed by atoms with Crippen LogP contribution in [0.15, 0.2) is 29.5 Å². The van der Waals surface area contributed by atoms with Crippen molar-refractivity contribution in [1.82, 2.24) is 10.6 Å². The maximum absolute atomic E-state index is 12.7. The highest BCUT2D eigenvalue weighted by molar-refractivity contribution is 5.95. The molecule has 0 aliphatic carbocycles. The molecule has 28 heavy (non-hydrogen) atoms. The van der Waals surface area contributed by atoms with E-state index in [0.717, 1.165) is 18.4 Å². The molecule has 1 aliphatic rings. The van der Waals surface area contributed by atoms with E-state index in [4.69, 9.17) is 14.2 Å². The van der Waals surface area contributed by atoms with Crippen LogP contribution in [-0.2, 0) is 9.53 Å². The molecule has 1 aromatic rings. The smallest absolute Gasteiger partial charge is 0.338 e. The van der Waals surface area contributed by atoms with Crippen molar-refractivity contribution in [1.29, 1.82) is 0 Å². The number of methoxy groups -OCH3 is 1. The summed E-state index contributed by atoms with van der Waals surface area (Å²) < 4.78 is 16.5. The van der Waals surface area contributed by atoms with E-state index in [1.54, 1.807) is 26.2 Å². The quantitative estimate of drug-likeness (QED) is 0.626. The summed E-state index contributed by atoms with van der Waals surface area (Å²) in [5.41, 5.74) is 1.76. The first-order valence-electron chi connectivity index (χ1n) is 9.73. The lowest BCUT2D eigenvalue weighted by Crippen LogP contribution is -2.46. The molecule has 2 amide bonds. The average Bonchev–Trinajstić information content (AvgIpc) is 2.65. The Morgan fingerprint density at radius 3 is 2.57 bits per heavy atom. The maximum Gasteiger partial charge on any atom is 0.338 e. The Hall–Kier alpha value is -2.70. The van der Waals surface area contributed by atoms with Crippen LogP contribution in [0.4, 0.5) is 4.79 Å². The number of nitrogens with one attached hydrogen (secondary N) is 2. The minimum absolute atomic E-state index is 0.0491. The number of ether oxygens (including phenoxy) is 3. The molecule has 0 saturated carbocycles. The van der Waals surface area contributed by atoms with Gasteiger partial charge in [-0.3, -0.25) is 0 Å². The normalized spacial score (nSPS) is 16.5. The fourth-order valence-electron chi connectivity index (χ4n) is 3.09. The van der Waals surface area contributed by atoms with Crippen molar-refractivity contribution in [3.8, 4) is 11.5 Å². The summed E-state index contributed by atoms with van der Waals surface area (Å²) in [7, 11) is 1.57. The number of allylic oxidation sites excluding steroid dienone is 1. The van der Waals surface area contributed by atoms with Crippen LogP contribution >= 0.6 is 0 Å². The Bertz CT molecular complexity index is 742. The van der Waals surface area contributed by atoms with E-state index in [0.29, 0.717) is 29.2 Å². The molecule has 154 valence electrons. The topological polar surface area (TPSA) is 85.9 Å². The molecule has 0 fully saturated rings. The number of esters is 1. The Balaban J connectivity index is 2.52. The van der Waals surface area contributed by atoms with Gasteiger partial charge >= 0.3 is 12.0 Å². The number of carbonyl (C=O) groups is 2. The highest BCUT2D eigenvalue weighted by Gasteiger charge is 2.33. The average molecular weight is 390 g/mol. The monoisotopic (exact) mass is 390 g/mol. The van der Waals surface area contributed by atoms with Crippen LogP contribution in [0.25, 0.3) is 0 Å². The van der Waals surface area contributed by atoms with E-state index in [2.05, 4.69) is 17.6 Å². The van der Waals surface area contributed by atoms with E-state index in [1.807, 2.05) is 19.9 Å². The van der Waals surface area contributed by atoms with Gasteiger partial charge in [-0.1, -0.05) is 19.4 Å². The summed E-state index contributed by atoms with van der Waals surface area (Å²) in [6.07, 6.45) is 2.35. The van der Waals surface area contributed by atoms with Crippen LogP contribution < -0.4 is 20.1 Å². The molecule has 0 aromatic heterocycles. The van der Waals surface area contributed by atoms with Crippen molar-refractivity contribution in [3.05, 3.63) is 35.0 Å². The number of benzene rings is 1. The predicted octanol–water partition coefficient (Wildman–Crippen LogP) is 3.84. The Morgan fingerprint density at radius 2 is 1.96 bits per heavy atom. The van der Waals surface area contributed by atoms with E-state index < -0.39 is 12.0 Å². The SMILES string of the molecule is CCCCC1=C(C(=O)OCC)C(c2ccc(OC)c(OC(C)C)c2)NC(=O)N1. The second-order valence-corrected chi connectivity index (χ2v) is 6.82. The lowest BCUT2D eigenvalue weighted by atomic mass is 9.93. The molecule has 1 atom stereocenters. The maximum atomic E-state index is 12.7. The molecule has 7 nitrogen and oxygen atoms in total. The number of rotatable bonds is 9.